The van der Waals surface area contributed by atoms with E-state index in [1.54, 1.807) is 0 Å². The molecule has 0 aliphatic heterocycles. The first kappa shape index (κ1) is 13.2. The molecule has 0 radical (unpaired) electrons. The van der Waals surface area contributed by atoms with E-state index in [-0.39, 0.29) is 5.41 Å². The zero-order valence-corrected chi connectivity index (χ0v) is 11.0. The van der Waals surface area contributed by atoms with Crippen LogP contribution in [0, 0.1) is 5.41 Å². The maximum atomic E-state index is 8.59. The molecule has 0 unspecified atom stereocenters. The summed E-state index contributed by atoms with van der Waals surface area (Å²) in [5.74, 6) is 0.320. The topological polar surface area (TPSA) is 70.6 Å². The molecule has 1 aliphatic rings. The van der Waals surface area contributed by atoms with Crippen molar-refractivity contribution in [1.82, 2.24) is 5.32 Å². The van der Waals surface area contributed by atoms with Crippen LogP contribution in [0.4, 0.5) is 0 Å². The summed E-state index contributed by atoms with van der Waals surface area (Å²) in [6.07, 6.45) is 2.94. The standard InChI is InChI=1S/C13H18ClN3O/c14-11-3-1-10(2-4-11)8-16-9-13(5-6-13)7-12(15)17-18/h1-4,16,18H,5-9H2,(H2,15,17). The molecule has 1 saturated carbocycles. The molecule has 18 heavy (non-hydrogen) atoms. The predicted octanol–water partition coefficient (Wildman–Crippen LogP) is 2.35. The van der Waals surface area contributed by atoms with E-state index in [4.69, 9.17) is 22.5 Å². The van der Waals surface area contributed by atoms with Gasteiger partial charge in [0.15, 0.2) is 0 Å². The van der Waals surface area contributed by atoms with E-state index in [9.17, 15) is 0 Å². The highest BCUT2D eigenvalue weighted by atomic mass is 35.5. The number of benzene rings is 1. The zero-order chi connectivity index (χ0) is 13.0. The van der Waals surface area contributed by atoms with E-state index in [1.807, 2.05) is 24.3 Å². The minimum Gasteiger partial charge on any atom is -0.409 e. The highest BCUT2D eigenvalue weighted by Crippen LogP contribution is 2.48. The molecule has 0 spiro atoms. The Balaban J connectivity index is 1.77. The first-order valence-corrected chi connectivity index (χ1v) is 6.43. The molecule has 0 saturated heterocycles. The van der Waals surface area contributed by atoms with Crippen molar-refractivity contribution >= 4 is 17.4 Å². The SMILES string of the molecule is NC(CC1(CNCc2ccc(Cl)cc2)CC1)=NO. The third-order valence-electron chi connectivity index (χ3n) is 3.38. The van der Waals surface area contributed by atoms with Crippen molar-refractivity contribution < 1.29 is 5.21 Å². The highest BCUT2D eigenvalue weighted by Gasteiger charge is 2.42. The Kier molecular flexibility index (Phi) is 4.09. The molecule has 0 bridgehead atoms. The lowest BCUT2D eigenvalue weighted by molar-refractivity contribution is 0.314. The second-order valence-electron chi connectivity index (χ2n) is 5.00. The van der Waals surface area contributed by atoms with Crippen LogP contribution in [0.3, 0.4) is 0 Å². The summed E-state index contributed by atoms with van der Waals surface area (Å²) >= 11 is 5.83. The average molecular weight is 268 g/mol. The van der Waals surface area contributed by atoms with E-state index < -0.39 is 0 Å². The van der Waals surface area contributed by atoms with Gasteiger partial charge < -0.3 is 16.3 Å². The predicted molar refractivity (Wildman–Crippen MR) is 72.9 cm³/mol. The summed E-state index contributed by atoms with van der Waals surface area (Å²) in [6.45, 7) is 1.71. The second kappa shape index (κ2) is 5.59. The average Bonchev–Trinajstić information content (AvgIpc) is 3.11. The Labute approximate surface area is 112 Å². The largest absolute Gasteiger partial charge is 0.409 e. The van der Waals surface area contributed by atoms with Gasteiger partial charge in [0.05, 0.1) is 0 Å². The van der Waals surface area contributed by atoms with Gasteiger partial charge in [0.25, 0.3) is 0 Å². The molecule has 5 heteroatoms. The van der Waals surface area contributed by atoms with Gasteiger partial charge in [-0.15, -0.1) is 0 Å². The summed E-state index contributed by atoms with van der Waals surface area (Å²) < 4.78 is 0. The molecule has 1 fully saturated rings. The number of hydrogen-bond acceptors (Lipinski definition) is 3. The van der Waals surface area contributed by atoms with Gasteiger partial charge >= 0.3 is 0 Å². The molecule has 0 amide bonds. The van der Waals surface area contributed by atoms with Crippen molar-refractivity contribution in [3.05, 3.63) is 34.9 Å². The summed E-state index contributed by atoms with van der Waals surface area (Å²) in [5.41, 5.74) is 6.96. The van der Waals surface area contributed by atoms with Gasteiger partial charge in [-0.2, -0.15) is 0 Å². The Morgan fingerprint density at radius 2 is 2.06 bits per heavy atom. The fourth-order valence-electron chi connectivity index (χ4n) is 2.09. The van der Waals surface area contributed by atoms with Crippen molar-refractivity contribution in [2.75, 3.05) is 6.54 Å². The molecular weight excluding hydrogens is 250 g/mol. The van der Waals surface area contributed by atoms with Crippen molar-refractivity contribution in [3.8, 4) is 0 Å². The third kappa shape index (κ3) is 3.62. The number of oxime groups is 1. The summed E-state index contributed by atoms with van der Waals surface area (Å²) in [5, 5.41) is 15.8. The van der Waals surface area contributed by atoms with Crippen LogP contribution in [0.5, 0.6) is 0 Å². The molecule has 1 aliphatic carbocycles. The molecule has 1 aromatic carbocycles. The van der Waals surface area contributed by atoms with Crippen LogP contribution in [0.2, 0.25) is 5.02 Å². The normalized spacial score (nSPS) is 17.7. The molecule has 1 aromatic rings. The Morgan fingerprint density at radius 3 is 2.61 bits per heavy atom. The van der Waals surface area contributed by atoms with Gasteiger partial charge in [0, 0.05) is 24.5 Å². The molecule has 0 atom stereocenters. The Bertz CT molecular complexity index is 426. The molecular formula is C13H18ClN3O. The zero-order valence-electron chi connectivity index (χ0n) is 10.2. The van der Waals surface area contributed by atoms with Crippen LogP contribution in [-0.2, 0) is 6.54 Å². The number of halogens is 1. The molecule has 4 N–H and O–H groups in total. The van der Waals surface area contributed by atoms with Crippen LogP contribution in [0.25, 0.3) is 0 Å². The molecule has 98 valence electrons. The monoisotopic (exact) mass is 267 g/mol. The maximum Gasteiger partial charge on any atom is 0.139 e. The number of nitrogens with two attached hydrogens (primary N) is 1. The van der Waals surface area contributed by atoms with Crippen LogP contribution in [-0.4, -0.2) is 17.6 Å². The molecule has 0 aromatic heterocycles. The van der Waals surface area contributed by atoms with Crippen molar-refractivity contribution in [1.29, 1.82) is 0 Å². The summed E-state index contributed by atoms with van der Waals surface area (Å²) in [4.78, 5) is 0. The smallest absolute Gasteiger partial charge is 0.139 e. The lowest BCUT2D eigenvalue weighted by Gasteiger charge is -2.15. The van der Waals surface area contributed by atoms with Gasteiger partial charge in [-0.3, -0.25) is 0 Å². The molecule has 2 rings (SSSR count). The first-order valence-electron chi connectivity index (χ1n) is 6.05. The van der Waals surface area contributed by atoms with E-state index in [2.05, 4.69) is 10.5 Å². The van der Waals surface area contributed by atoms with Crippen molar-refractivity contribution in [3.63, 3.8) is 0 Å². The Morgan fingerprint density at radius 1 is 1.39 bits per heavy atom. The number of nitrogens with zero attached hydrogens (tertiary/aromatic N) is 1. The van der Waals surface area contributed by atoms with Crippen LogP contribution < -0.4 is 11.1 Å². The number of amidine groups is 1. The van der Waals surface area contributed by atoms with E-state index >= 15 is 0 Å². The van der Waals surface area contributed by atoms with Crippen LogP contribution in [0.15, 0.2) is 29.4 Å². The minimum atomic E-state index is 0.197. The van der Waals surface area contributed by atoms with Gasteiger partial charge in [-0.1, -0.05) is 28.9 Å². The Hall–Kier alpha value is -1.26. The fraction of sp³-hybridized carbons (Fsp3) is 0.462. The van der Waals surface area contributed by atoms with E-state index in [1.165, 1.54) is 5.56 Å². The second-order valence-corrected chi connectivity index (χ2v) is 5.43. The molecule has 0 heterocycles. The molecule has 4 nitrogen and oxygen atoms in total. The number of rotatable bonds is 6. The van der Waals surface area contributed by atoms with Crippen LogP contribution >= 0.6 is 11.6 Å². The van der Waals surface area contributed by atoms with Gasteiger partial charge in [0.1, 0.15) is 5.84 Å². The van der Waals surface area contributed by atoms with Gasteiger partial charge in [-0.05, 0) is 36.0 Å². The first-order chi connectivity index (χ1) is 8.63. The quantitative estimate of drug-likeness (QED) is 0.321. The lowest BCUT2D eigenvalue weighted by Crippen LogP contribution is -2.28. The van der Waals surface area contributed by atoms with Gasteiger partial charge in [-0.25, -0.2) is 0 Å². The number of hydrogen-bond donors (Lipinski definition) is 3. The fourth-order valence-corrected chi connectivity index (χ4v) is 2.21. The summed E-state index contributed by atoms with van der Waals surface area (Å²) in [6, 6.07) is 7.81. The van der Waals surface area contributed by atoms with Crippen molar-refractivity contribution in [2.24, 2.45) is 16.3 Å². The highest BCUT2D eigenvalue weighted by molar-refractivity contribution is 6.30. The number of nitrogens with one attached hydrogen (secondary N) is 1. The summed E-state index contributed by atoms with van der Waals surface area (Å²) in [7, 11) is 0. The lowest BCUT2D eigenvalue weighted by atomic mass is 10.0. The van der Waals surface area contributed by atoms with E-state index in [0.717, 1.165) is 31.0 Å². The third-order valence-corrected chi connectivity index (χ3v) is 3.64. The van der Waals surface area contributed by atoms with Gasteiger partial charge in [0.2, 0.25) is 0 Å². The van der Waals surface area contributed by atoms with E-state index in [0.29, 0.717) is 12.3 Å². The maximum absolute atomic E-state index is 8.59. The minimum absolute atomic E-state index is 0.197. The van der Waals surface area contributed by atoms with Crippen LogP contribution in [0.1, 0.15) is 24.8 Å². The van der Waals surface area contributed by atoms with Crippen molar-refractivity contribution in [2.45, 2.75) is 25.8 Å².